The Morgan fingerprint density at radius 1 is 1.31 bits per heavy atom. The van der Waals surface area contributed by atoms with Crippen molar-refractivity contribution in [3.8, 4) is 0 Å². The molecule has 3 N–H and O–H groups in total. The van der Waals surface area contributed by atoms with Crippen molar-refractivity contribution in [2.24, 2.45) is 0 Å². The van der Waals surface area contributed by atoms with Crippen molar-refractivity contribution in [3.05, 3.63) is 34.3 Å². The molecule has 0 saturated carbocycles. The van der Waals surface area contributed by atoms with Crippen LogP contribution in [0.5, 0.6) is 0 Å². The zero-order valence-electron chi connectivity index (χ0n) is 8.82. The van der Waals surface area contributed by atoms with E-state index in [0.717, 1.165) is 10.0 Å². The van der Waals surface area contributed by atoms with E-state index in [1.54, 1.807) is 0 Å². The first-order chi connectivity index (χ1) is 7.74. The van der Waals surface area contributed by atoms with Crippen molar-refractivity contribution in [1.29, 1.82) is 0 Å². The van der Waals surface area contributed by atoms with E-state index in [-0.39, 0.29) is 0 Å². The molecule has 0 heterocycles. The second-order valence-electron chi connectivity index (χ2n) is 3.34. The summed E-state index contributed by atoms with van der Waals surface area (Å²) in [6.45, 7) is 1.69. The molecule has 16 heavy (non-hydrogen) atoms. The molecule has 0 aliphatic rings. The summed E-state index contributed by atoms with van der Waals surface area (Å²) in [7, 11) is 0. The van der Waals surface area contributed by atoms with Crippen molar-refractivity contribution < 1.29 is 9.90 Å². The number of nitrogens with one attached hydrogen (secondary N) is 2. The van der Waals surface area contributed by atoms with E-state index in [4.69, 9.17) is 0 Å². The van der Waals surface area contributed by atoms with Gasteiger partial charge in [0.2, 0.25) is 6.41 Å². The molecule has 5 heteroatoms. The molecule has 1 atom stereocenters. The molecule has 0 aliphatic carbocycles. The summed E-state index contributed by atoms with van der Waals surface area (Å²) < 4.78 is 0.992. The Balaban J connectivity index is 2.26. The van der Waals surface area contributed by atoms with E-state index in [1.807, 2.05) is 24.3 Å². The van der Waals surface area contributed by atoms with E-state index >= 15 is 0 Å². The molecule has 1 rings (SSSR count). The van der Waals surface area contributed by atoms with Gasteiger partial charge in [-0.2, -0.15) is 0 Å². The minimum Gasteiger partial charge on any atom is -0.387 e. The van der Waals surface area contributed by atoms with E-state index in [0.29, 0.717) is 26.0 Å². The van der Waals surface area contributed by atoms with Gasteiger partial charge in [0.15, 0.2) is 0 Å². The smallest absolute Gasteiger partial charge is 0.207 e. The van der Waals surface area contributed by atoms with Gasteiger partial charge in [-0.25, -0.2) is 0 Å². The number of aliphatic hydroxyl groups excluding tert-OH is 1. The number of hydrogen-bond acceptors (Lipinski definition) is 3. The highest BCUT2D eigenvalue weighted by molar-refractivity contribution is 9.10. The molecular formula is C11H15BrN2O2. The molecule has 88 valence electrons. The number of hydrogen-bond donors (Lipinski definition) is 3. The third kappa shape index (κ3) is 4.74. The normalized spacial score (nSPS) is 12.1. The molecular weight excluding hydrogens is 272 g/mol. The van der Waals surface area contributed by atoms with Crippen LogP contribution in [0.3, 0.4) is 0 Å². The molecule has 4 nitrogen and oxygen atoms in total. The van der Waals surface area contributed by atoms with E-state index in [9.17, 15) is 9.90 Å². The predicted octanol–water partition coefficient (Wildman–Crippen LogP) is 0.818. The summed E-state index contributed by atoms with van der Waals surface area (Å²) in [6.07, 6.45) is 0.136. The predicted molar refractivity (Wildman–Crippen MR) is 66.0 cm³/mol. The largest absolute Gasteiger partial charge is 0.387 e. The lowest BCUT2D eigenvalue weighted by molar-refractivity contribution is -0.109. The highest BCUT2D eigenvalue weighted by Gasteiger charge is 2.05. The van der Waals surface area contributed by atoms with Crippen molar-refractivity contribution in [2.75, 3.05) is 19.6 Å². The van der Waals surface area contributed by atoms with Crippen molar-refractivity contribution in [1.82, 2.24) is 10.6 Å². The lowest BCUT2D eigenvalue weighted by Gasteiger charge is -2.12. The average molecular weight is 287 g/mol. The first-order valence-electron chi connectivity index (χ1n) is 5.05. The Kier molecular flexibility index (Phi) is 6.07. The maximum Gasteiger partial charge on any atom is 0.207 e. The van der Waals surface area contributed by atoms with Crippen molar-refractivity contribution in [3.63, 3.8) is 0 Å². The zero-order valence-corrected chi connectivity index (χ0v) is 10.4. The minimum absolute atomic E-state index is 0.474. The molecule has 0 aromatic heterocycles. The Labute approximate surface area is 103 Å². The van der Waals surface area contributed by atoms with Gasteiger partial charge in [-0.3, -0.25) is 4.79 Å². The summed E-state index contributed by atoms with van der Waals surface area (Å²) in [5, 5.41) is 15.4. The molecule has 0 spiro atoms. The molecule has 0 bridgehead atoms. The van der Waals surface area contributed by atoms with E-state index < -0.39 is 6.10 Å². The standard InChI is InChI=1S/C11H15BrN2O2/c12-10-3-1-9(2-4-10)11(16)7-13-5-6-14-8-15/h1-4,8,11,13,16H,5-7H2,(H,14,15)/t11-/m1/s1. The number of amides is 1. The van der Waals surface area contributed by atoms with E-state index in [1.165, 1.54) is 0 Å². The van der Waals surface area contributed by atoms with Crippen LogP contribution in [0, 0.1) is 0 Å². The molecule has 0 aliphatic heterocycles. The van der Waals surface area contributed by atoms with Gasteiger partial charge in [0, 0.05) is 24.1 Å². The lowest BCUT2D eigenvalue weighted by atomic mass is 10.1. The van der Waals surface area contributed by atoms with Crippen LogP contribution in [0.2, 0.25) is 0 Å². The molecule has 0 saturated heterocycles. The fourth-order valence-electron chi connectivity index (χ4n) is 1.26. The van der Waals surface area contributed by atoms with Crippen LogP contribution in [0.1, 0.15) is 11.7 Å². The minimum atomic E-state index is -0.524. The second kappa shape index (κ2) is 7.38. The molecule has 0 radical (unpaired) electrons. The SMILES string of the molecule is O=CNCCNC[C@@H](O)c1ccc(Br)cc1. The van der Waals surface area contributed by atoms with Gasteiger partial charge in [0.1, 0.15) is 0 Å². The quantitative estimate of drug-likeness (QED) is 0.514. The fourth-order valence-corrected chi connectivity index (χ4v) is 1.53. The topological polar surface area (TPSA) is 61.4 Å². The Morgan fingerprint density at radius 2 is 2.00 bits per heavy atom. The Hall–Kier alpha value is -0.910. The Bertz CT molecular complexity index is 316. The number of carbonyl (C=O) groups is 1. The van der Waals surface area contributed by atoms with E-state index in [2.05, 4.69) is 26.6 Å². The van der Waals surface area contributed by atoms with Gasteiger partial charge in [0.25, 0.3) is 0 Å². The van der Waals surface area contributed by atoms with Gasteiger partial charge >= 0.3 is 0 Å². The lowest BCUT2D eigenvalue weighted by Crippen LogP contribution is -2.29. The monoisotopic (exact) mass is 286 g/mol. The molecule has 0 unspecified atom stereocenters. The van der Waals surface area contributed by atoms with Gasteiger partial charge in [-0.1, -0.05) is 28.1 Å². The zero-order chi connectivity index (χ0) is 11.8. The highest BCUT2D eigenvalue weighted by atomic mass is 79.9. The molecule has 1 aromatic rings. The first-order valence-corrected chi connectivity index (χ1v) is 5.84. The van der Waals surface area contributed by atoms with Crippen LogP contribution in [-0.2, 0) is 4.79 Å². The van der Waals surface area contributed by atoms with Crippen LogP contribution in [0.25, 0.3) is 0 Å². The van der Waals surface area contributed by atoms with Gasteiger partial charge in [0.05, 0.1) is 6.10 Å². The average Bonchev–Trinajstić information content (AvgIpc) is 2.29. The van der Waals surface area contributed by atoms with Crippen LogP contribution in [0.4, 0.5) is 0 Å². The summed E-state index contributed by atoms with van der Waals surface area (Å²) in [5.41, 5.74) is 0.874. The van der Waals surface area contributed by atoms with Crippen LogP contribution >= 0.6 is 15.9 Å². The molecule has 1 aromatic carbocycles. The third-order valence-electron chi connectivity index (χ3n) is 2.12. The third-order valence-corrected chi connectivity index (χ3v) is 2.65. The first kappa shape index (κ1) is 13.2. The second-order valence-corrected chi connectivity index (χ2v) is 4.26. The van der Waals surface area contributed by atoms with Gasteiger partial charge < -0.3 is 15.7 Å². The van der Waals surface area contributed by atoms with Crippen LogP contribution in [-0.4, -0.2) is 31.2 Å². The van der Waals surface area contributed by atoms with Crippen molar-refractivity contribution in [2.45, 2.75) is 6.10 Å². The number of aliphatic hydroxyl groups is 1. The number of benzene rings is 1. The van der Waals surface area contributed by atoms with Crippen LogP contribution < -0.4 is 10.6 Å². The van der Waals surface area contributed by atoms with Crippen molar-refractivity contribution >= 4 is 22.3 Å². The van der Waals surface area contributed by atoms with Gasteiger partial charge in [-0.05, 0) is 17.7 Å². The van der Waals surface area contributed by atoms with Gasteiger partial charge in [-0.15, -0.1) is 0 Å². The number of halogens is 1. The van der Waals surface area contributed by atoms with Crippen LogP contribution in [0.15, 0.2) is 28.7 Å². The molecule has 0 fully saturated rings. The molecule has 1 amide bonds. The highest BCUT2D eigenvalue weighted by Crippen LogP contribution is 2.15. The number of rotatable bonds is 7. The summed E-state index contributed by atoms with van der Waals surface area (Å²) in [4.78, 5) is 9.96. The Morgan fingerprint density at radius 3 is 2.62 bits per heavy atom. The maximum absolute atomic E-state index is 9.96. The maximum atomic E-state index is 9.96. The summed E-state index contributed by atoms with van der Waals surface area (Å²) in [5.74, 6) is 0. The summed E-state index contributed by atoms with van der Waals surface area (Å²) >= 11 is 3.34. The summed E-state index contributed by atoms with van der Waals surface area (Å²) in [6, 6.07) is 7.54. The number of carbonyl (C=O) groups excluding carboxylic acids is 1. The fraction of sp³-hybridized carbons (Fsp3) is 0.364.